The standard InChI is InChI=1S/C12H22N2/c1-9(2)6-11-8-12(7-10(3)4)14(5)13-11/h8-10H,6-7H2,1-5H3. The molecule has 0 aliphatic heterocycles. The van der Waals surface area contributed by atoms with Gasteiger partial charge < -0.3 is 0 Å². The molecule has 1 aromatic heterocycles. The van der Waals surface area contributed by atoms with Gasteiger partial charge in [0.15, 0.2) is 0 Å². The molecule has 0 atom stereocenters. The van der Waals surface area contributed by atoms with E-state index in [4.69, 9.17) is 0 Å². The van der Waals surface area contributed by atoms with Crippen LogP contribution < -0.4 is 0 Å². The second-order valence-corrected chi connectivity index (χ2v) is 4.95. The van der Waals surface area contributed by atoms with Crippen LogP contribution in [0.5, 0.6) is 0 Å². The first kappa shape index (κ1) is 11.3. The van der Waals surface area contributed by atoms with Crippen molar-refractivity contribution >= 4 is 0 Å². The van der Waals surface area contributed by atoms with Gasteiger partial charge in [-0.1, -0.05) is 27.7 Å². The molecule has 1 aromatic rings. The molecule has 0 amide bonds. The Hall–Kier alpha value is -0.790. The Balaban J connectivity index is 2.72. The fourth-order valence-corrected chi connectivity index (χ4v) is 1.70. The Morgan fingerprint density at radius 2 is 1.71 bits per heavy atom. The van der Waals surface area contributed by atoms with Crippen molar-refractivity contribution in [1.82, 2.24) is 9.78 Å². The summed E-state index contributed by atoms with van der Waals surface area (Å²) in [7, 11) is 2.04. The molecule has 0 fully saturated rings. The predicted octanol–water partition coefficient (Wildman–Crippen LogP) is 2.82. The maximum atomic E-state index is 4.52. The van der Waals surface area contributed by atoms with E-state index in [1.165, 1.54) is 11.4 Å². The van der Waals surface area contributed by atoms with Crippen LogP contribution in [-0.2, 0) is 19.9 Å². The van der Waals surface area contributed by atoms with Crippen LogP contribution in [0.4, 0.5) is 0 Å². The van der Waals surface area contributed by atoms with Crippen LogP contribution in [0, 0.1) is 11.8 Å². The zero-order chi connectivity index (χ0) is 10.7. The quantitative estimate of drug-likeness (QED) is 0.720. The molecule has 0 N–H and O–H groups in total. The number of rotatable bonds is 4. The van der Waals surface area contributed by atoms with E-state index in [1.54, 1.807) is 0 Å². The molecule has 0 saturated carbocycles. The lowest BCUT2D eigenvalue weighted by atomic mass is 10.1. The summed E-state index contributed by atoms with van der Waals surface area (Å²) >= 11 is 0. The molecular weight excluding hydrogens is 172 g/mol. The van der Waals surface area contributed by atoms with Gasteiger partial charge in [0.05, 0.1) is 5.69 Å². The van der Waals surface area contributed by atoms with Crippen molar-refractivity contribution < 1.29 is 0 Å². The van der Waals surface area contributed by atoms with Gasteiger partial charge in [0.25, 0.3) is 0 Å². The number of nitrogens with zero attached hydrogens (tertiary/aromatic N) is 2. The minimum Gasteiger partial charge on any atom is -0.272 e. The van der Waals surface area contributed by atoms with Crippen molar-refractivity contribution in [3.8, 4) is 0 Å². The SMILES string of the molecule is CC(C)Cc1cc(CC(C)C)n(C)n1. The molecule has 1 rings (SSSR count). The first-order valence-corrected chi connectivity index (χ1v) is 5.50. The van der Waals surface area contributed by atoms with Crippen molar-refractivity contribution in [2.75, 3.05) is 0 Å². The molecule has 2 nitrogen and oxygen atoms in total. The van der Waals surface area contributed by atoms with Gasteiger partial charge in [0.2, 0.25) is 0 Å². The highest BCUT2D eigenvalue weighted by Crippen LogP contribution is 2.12. The molecular formula is C12H22N2. The maximum absolute atomic E-state index is 4.52. The number of hydrogen-bond donors (Lipinski definition) is 0. The zero-order valence-electron chi connectivity index (χ0n) is 10.0. The van der Waals surface area contributed by atoms with Gasteiger partial charge in [0, 0.05) is 12.7 Å². The summed E-state index contributed by atoms with van der Waals surface area (Å²) < 4.78 is 2.03. The van der Waals surface area contributed by atoms with Crippen LogP contribution in [0.25, 0.3) is 0 Å². The minimum absolute atomic E-state index is 0.691. The summed E-state index contributed by atoms with van der Waals surface area (Å²) in [5.74, 6) is 1.40. The first-order chi connectivity index (χ1) is 6.49. The number of aromatic nitrogens is 2. The lowest BCUT2D eigenvalue weighted by molar-refractivity contribution is 0.587. The summed E-state index contributed by atoms with van der Waals surface area (Å²) in [6.45, 7) is 8.96. The van der Waals surface area contributed by atoms with Gasteiger partial charge in [-0.05, 0) is 30.7 Å². The Morgan fingerprint density at radius 1 is 1.14 bits per heavy atom. The topological polar surface area (TPSA) is 17.8 Å². The van der Waals surface area contributed by atoms with Crippen molar-refractivity contribution in [2.45, 2.75) is 40.5 Å². The zero-order valence-corrected chi connectivity index (χ0v) is 10.0. The van der Waals surface area contributed by atoms with E-state index < -0.39 is 0 Å². The lowest BCUT2D eigenvalue weighted by Gasteiger charge is -2.03. The predicted molar refractivity (Wildman–Crippen MR) is 60.3 cm³/mol. The van der Waals surface area contributed by atoms with Crippen molar-refractivity contribution in [3.63, 3.8) is 0 Å². The third kappa shape index (κ3) is 3.17. The number of aryl methyl sites for hydroxylation is 1. The van der Waals surface area contributed by atoms with Crippen LogP contribution in [-0.4, -0.2) is 9.78 Å². The van der Waals surface area contributed by atoms with E-state index in [0.29, 0.717) is 11.8 Å². The molecule has 1 heterocycles. The van der Waals surface area contributed by atoms with Crippen LogP contribution >= 0.6 is 0 Å². The molecule has 0 unspecified atom stereocenters. The molecule has 0 aliphatic rings. The highest BCUT2D eigenvalue weighted by atomic mass is 15.3. The lowest BCUT2D eigenvalue weighted by Crippen LogP contribution is -2.02. The van der Waals surface area contributed by atoms with Crippen molar-refractivity contribution in [2.24, 2.45) is 18.9 Å². The molecule has 0 bridgehead atoms. The van der Waals surface area contributed by atoms with Crippen LogP contribution in [0.15, 0.2) is 6.07 Å². The van der Waals surface area contributed by atoms with Crippen molar-refractivity contribution in [1.29, 1.82) is 0 Å². The third-order valence-corrected chi connectivity index (χ3v) is 2.26. The Kier molecular flexibility index (Phi) is 3.73. The summed E-state index contributed by atoms with van der Waals surface area (Å²) in [6, 6.07) is 2.25. The van der Waals surface area contributed by atoms with Gasteiger partial charge in [0.1, 0.15) is 0 Å². The monoisotopic (exact) mass is 194 g/mol. The van der Waals surface area contributed by atoms with E-state index in [0.717, 1.165) is 12.8 Å². The molecule has 0 aliphatic carbocycles. The van der Waals surface area contributed by atoms with Crippen LogP contribution in [0.3, 0.4) is 0 Å². The van der Waals surface area contributed by atoms with Gasteiger partial charge in [-0.2, -0.15) is 5.10 Å². The molecule has 0 aromatic carbocycles. The summed E-state index contributed by atoms with van der Waals surface area (Å²) in [6.07, 6.45) is 2.22. The first-order valence-electron chi connectivity index (χ1n) is 5.50. The summed E-state index contributed by atoms with van der Waals surface area (Å²) in [5, 5.41) is 4.52. The largest absolute Gasteiger partial charge is 0.272 e. The summed E-state index contributed by atoms with van der Waals surface area (Å²) in [5.41, 5.74) is 2.59. The van der Waals surface area contributed by atoms with E-state index in [2.05, 4.69) is 38.9 Å². The molecule has 2 heteroatoms. The normalized spacial score (nSPS) is 11.6. The van der Waals surface area contributed by atoms with E-state index in [-0.39, 0.29) is 0 Å². The fourth-order valence-electron chi connectivity index (χ4n) is 1.70. The Bertz CT molecular complexity index is 285. The van der Waals surface area contributed by atoms with E-state index in [1.807, 2.05) is 11.7 Å². The third-order valence-electron chi connectivity index (χ3n) is 2.26. The minimum atomic E-state index is 0.691. The van der Waals surface area contributed by atoms with Gasteiger partial charge >= 0.3 is 0 Å². The van der Waals surface area contributed by atoms with E-state index in [9.17, 15) is 0 Å². The van der Waals surface area contributed by atoms with Crippen LogP contribution in [0.2, 0.25) is 0 Å². The smallest absolute Gasteiger partial charge is 0.0629 e. The highest BCUT2D eigenvalue weighted by molar-refractivity contribution is 5.11. The second kappa shape index (κ2) is 4.63. The molecule has 14 heavy (non-hydrogen) atoms. The second-order valence-electron chi connectivity index (χ2n) is 4.95. The van der Waals surface area contributed by atoms with Crippen LogP contribution in [0.1, 0.15) is 39.1 Å². The molecule has 0 saturated heterocycles. The average Bonchev–Trinajstić information content (AvgIpc) is 2.28. The van der Waals surface area contributed by atoms with Gasteiger partial charge in [-0.25, -0.2) is 0 Å². The number of hydrogen-bond acceptors (Lipinski definition) is 1. The highest BCUT2D eigenvalue weighted by Gasteiger charge is 2.07. The maximum Gasteiger partial charge on any atom is 0.0629 e. The molecule has 0 radical (unpaired) electrons. The van der Waals surface area contributed by atoms with Gasteiger partial charge in [-0.15, -0.1) is 0 Å². The fraction of sp³-hybridized carbons (Fsp3) is 0.750. The molecule has 0 spiro atoms. The van der Waals surface area contributed by atoms with Gasteiger partial charge in [-0.3, -0.25) is 4.68 Å². The average molecular weight is 194 g/mol. The Morgan fingerprint density at radius 3 is 2.21 bits per heavy atom. The van der Waals surface area contributed by atoms with Crippen molar-refractivity contribution in [3.05, 3.63) is 17.5 Å². The summed E-state index contributed by atoms with van der Waals surface area (Å²) in [4.78, 5) is 0. The Labute approximate surface area is 87.3 Å². The molecule has 80 valence electrons. The van der Waals surface area contributed by atoms with E-state index >= 15 is 0 Å².